The summed E-state index contributed by atoms with van der Waals surface area (Å²) < 4.78 is 27.4. The molecule has 0 aliphatic heterocycles. The molecule has 0 radical (unpaired) electrons. The van der Waals surface area contributed by atoms with Crippen LogP contribution in [0.3, 0.4) is 0 Å². The molecule has 0 fully saturated rings. The summed E-state index contributed by atoms with van der Waals surface area (Å²) in [5.41, 5.74) is 4.07. The zero-order valence-electron chi connectivity index (χ0n) is 23.1. The smallest absolute Gasteiger partial charge is 0.209 e. The van der Waals surface area contributed by atoms with Crippen LogP contribution < -0.4 is 14.8 Å². The van der Waals surface area contributed by atoms with Gasteiger partial charge in [-0.1, -0.05) is 64.1 Å². The summed E-state index contributed by atoms with van der Waals surface area (Å²) in [6.07, 6.45) is 3.62. The summed E-state index contributed by atoms with van der Waals surface area (Å²) in [4.78, 5) is 9.45. The Labute approximate surface area is 224 Å². The van der Waals surface area contributed by atoms with Crippen LogP contribution in [0.15, 0.2) is 72.9 Å². The van der Waals surface area contributed by atoms with E-state index in [9.17, 15) is 4.39 Å². The molecule has 1 N–H and O–H groups in total. The number of aromatic nitrogens is 3. The topological polar surface area (TPSA) is 60.7 Å². The van der Waals surface area contributed by atoms with Crippen molar-refractivity contribution in [3.8, 4) is 11.5 Å². The number of rotatable bonds is 8. The molecule has 0 bridgehead atoms. The van der Waals surface area contributed by atoms with Crippen LogP contribution in [-0.2, 0) is 19.4 Å². The maximum atomic E-state index is 14.7. The third kappa shape index (κ3) is 6.40. The van der Waals surface area contributed by atoms with Crippen LogP contribution in [0.25, 0.3) is 16.6 Å². The van der Waals surface area contributed by atoms with Crippen LogP contribution >= 0.6 is 0 Å². The Kier molecular flexibility index (Phi) is 10.5. The van der Waals surface area contributed by atoms with Crippen LogP contribution in [-0.4, -0.2) is 28.6 Å². The predicted molar refractivity (Wildman–Crippen MR) is 154 cm³/mol. The van der Waals surface area contributed by atoms with Gasteiger partial charge in [-0.05, 0) is 42.7 Å². The minimum atomic E-state index is -0.376. The van der Waals surface area contributed by atoms with Crippen LogP contribution in [0.2, 0.25) is 0 Å². The van der Waals surface area contributed by atoms with Gasteiger partial charge in [0.2, 0.25) is 5.95 Å². The molecule has 0 aliphatic carbocycles. The summed E-state index contributed by atoms with van der Waals surface area (Å²) in [6, 6.07) is 20.9. The number of fused-ring (bicyclic) bond motifs is 3. The van der Waals surface area contributed by atoms with Crippen LogP contribution in [0.1, 0.15) is 44.5 Å². The van der Waals surface area contributed by atoms with Gasteiger partial charge in [0.15, 0.2) is 0 Å². The molecule has 7 heteroatoms. The molecular weight excluding hydrogens is 479 g/mol. The van der Waals surface area contributed by atoms with Crippen molar-refractivity contribution in [3.63, 3.8) is 0 Å². The molecule has 0 spiro atoms. The first-order valence-electron chi connectivity index (χ1n) is 13.1. The van der Waals surface area contributed by atoms with Crippen molar-refractivity contribution in [2.24, 2.45) is 0 Å². The largest absolute Gasteiger partial charge is 0.497 e. The molecule has 5 rings (SSSR count). The molecule has 6 nitrogen and oxygen atoms in total. The van der Waals surface area contributed by atoms with Crippen molar-refractivity contribution >= 4 is 22.5 Å². The summed E-state index contributed by atoms with van der Waals surface area (Å²) >= 11 is 0. The average molecular weight is 517 g/mol. The normalized spacial score (nSPS) is 10.3. The molecule has 3 aromatic carbocycles. The van der Waals surface area contributed by atoms with Gasteiger partial charge in [0.1, 0.15) is 28.5 Å². The fraction of sp³-hybridized carbons (Fsp3) is 0.290. The number of imidazole rings is 1. The third-order valence-electron chi connectivity index (χ3n) is 5.87. The molecule has 0 saturated heterocycles. The van der Waals surface area contributed by atoms with E-state index < -0.39 is 0 Å². The number of hydrogen-bond acceptors (Lipinski definition) is 5. The number of methoxy groups -OCH3 is 2. The number of para-hydroxylation sites is 1. The second-order valence-electron chi connectivity index (χ2n) is 8.01. The summed E-state index contributed by atoms with van der Waals surface area (Å²) in [7, 11) is 3.24. The highest BCUT2D eigenvalue weighted by atomic mass is 19.1. The van der Waals surface area contributed by atoms with Gasteiger partial charge in [0.05, 0.1) is 19.9 Å². The Morgan fingerprint density at radius 2 is 1.61 bits per heavy atom. The minimum Gasteiger partial charge on any atom is -0.497 e. The SMILES string of the molecule is CC.CC.COc1ccc(CNc2nc3c(F)cccc3c3nc(CCc4ccccc4)cn23)c(OC)c1. The Morgan fingerprint density at radius 1 is 0.842 bits per heavy atom. The number of nitrogens with zero attached hydrogens (tertiary/aromatic N) is 3. The number of nitrogens with one attached hydrogen (secondary N) is 1. The Balaban J connectivity index is 0.000000956. The van der Waals surface area contributed by atoms with Gasteiger partial charge in [-0.25, -0.2) is 14.4 Å². The van der Waals surface area contributed by atoms with Gasteiger partial charge in [0, 0.05) is 29.8 Å². The highest BCUT2D eigenvalue weighted by molar-refractivity contribution is 5.93. The highest BCUT2D eigenvalue weighted by Crippen LogP contribution is 2.27. The molecular formula is C31H37FN4O2. The quantitative estimate of drug-likeness (QED) is 0.232. The van der Waals surface area contributed by atoms with Crippen LogP contribution in [0.4, 0.5) is 10.3 Å². The van der Waals surface area contributed by atoms with Gasteiger partial charge in [-0.3, -0.25) is 4.40 Å². The molecule has 2 heterocycles. The van der Waals surface area contributed by atoms with E-state index in [4.69, 9.17) is 14.5 Å². The van der Waals surface area contributed by atoms with Gasteiger partial charge < -0.3 is 14.8 Å². The van der Waals surface area contributed by atoms with Gasteiger partial charge >= 0.3 is 0 Å². The van der Waals surface area contributed by atoms with Crippen molar-refractivity contribution in [1.82, 2.24) is 14.4 Å². The van der Waals surface area contributed by atoms with E-state index in [-0.39, 0.29) is 5.82 Å². The van der Waals surface area contributed by atoms with Gasteiger partial charge in [0.25, 0.3) is 0 Å². The Bertz CT molecular complexity index is 1450. The lowest BCUT2D eigenvalue weighted by Gasteiger charge is -2.13. The first kappa shape index (κ1) is 28.4. The molecule has 0 aliphatic rings. The maximum Gasteiger partial charge on any atom is 0.209 e. The molecule has 2 aromatic heterocycles. The third-order valence-corrected chi connectivity index (χ3v) is 5.87. The average Bonchev–Trinajstić information content (AvgIpc) is 3.42. The maximum absolute atomic E-state index is 14.7. The van der Waals surface area contributed by atoms with Crippen molar-refractivity contribution < 1.29 is 13.9 Å². The summed E-state index contributed by atoms with van der Waals surface area (Å²) in [5.74, 6) is 1.55. The second-order valence-corrected chi connectivity index (χ2v) is 8.01. The monoisotopic (exact) mass is 516 g/mol. The number of aryl methyl sites for hydroxylation is 2. The fourth-order valence-corrected chi connectivity index (χ4v) is 4.08. The molecule has 0 atom stereocenters. The molecule has 0 amide bonds. The molecule has 200 valence electrons. The predicted octanol–water partition coefficient (Wildman–Crippen LogP) is 7.49. The van der Waals surface area contributed by atoms with E-state index in [0.29, 0.717) is 40.5 Å². The van der Waals surface area contributed by atoms with Crippen LogP contribution in [0.5, 0.6) is 11.5 Å². The lowest BCUT2D eigenvalue weighted by atomic mass is 10.1. The van der Waals surface area contributed by atoms with Crippen molar-refractivity contribution in [1.29, 1.82) is 0 Å². The standard InChI is InChI=1S/C27H25FN4O2.2C2H6/c1-33-21-14-12-19(24(15-21)34-2)16-29-27-31-25-22(9-6-10-23(25)28)26-30-20(17-32(26)27)13-11-18-7-4-3-5-8-18;2*1-2/h3-10,12,14-15,17H,11,13,16H2,1-2H3,(H,29,31);2*1-2H3. The van der Waals surface area contributed by atoms with Crippen molar-refractivity contribution in [2.45, 2.75) is 47.1 Å². The van der Waals surface area contributed by atoms with Gasteiger partial charge in [-0.15, -0.1) is 0 Å². The zero-order chi connectivity index (χ0) is 27.5. The second kappa shape index (κ2) is 14.0. The minimum absolute atomic E-state index is 0.291. The van der Waals surface area contributed by atoms with E-state index >= 15 is 0 Å². The summed E-state index contributed by atoms with van der Waals surface area (Å²) in [6.45, 7) is 8.44. The highest BCUT2D eigenvalue weighted by Gasteiger charge is 2.15. The lowest BCUT2D eigenvalue weighted by molar-refractivity contribution is 0.391. The van der Waals surface area contributed by atoms with Crippen molar-refractivity contribution in [2.75, 3.05) is 19.5 Å². The lowest BCUT2D eigenvalue weighted by Crippen LogP contribution is -2.08. The first-order valence-corrected chi connectivity index (χ1v) is 13.1. The van der Waals surface area contributed by atoms with E-state index in [1.54, 1.807) is 20.3 Å². The number of anilines is 1. The first-order chi connectivity index (χ1) is 18.7. The van der Waals surface area contributed by atoms with Crippen molar-refractivity contribution in [3.05, 3.63) is 95.6 Å². The van der Waals surface area contributed by atoms with E-state index in [1.165, 1.54) is 11.6 Å². The molecule has 0 saturated carbocycles. The van der Waals surface area contributed by atoms with E-state index in [1.807, 2.05) is 80.8 Å². The van der Waals surface area contributed by atoms with E-state index in [0.717, 1.165) is 24.1 Å². The molecule has 5 aromatic rings. The summed E-state index contributed by atoms with van der Waals surface area (Å²) in [5, 5.41) is 4.03. The molecule has 38 heavy (non-hydrogen) atoms. The fourth-order valence-electron chi connectivity index (χ4n) is 4.08. The number of ether oxygens (including phenoxy) is 2. The zero-order valence-corrected chi connectivity index (χ0v) is 23.1. The van der Waals surface area contributed by atoms with E-state index in [2.05, 4.69) is 22.4 Å². The number of hydrogen-bond donors (Lipinski definition) is 1. The number of benzene rings is 3. The van der Waals surface area contributed by atoms with Gasteiger partial charge in [-0.2, -0.15) is 0 Å². The Morgan fingerprint density at radius 3 is 2.32 bits per heavy atom. The molecule has 0 unspecified atom stereocenters. The number of halogens is 1. The van der Waals surface area contributed by atoms with Crippen LogP contribution in [0, 0.1) is 5.82 Å². The Hall–Kier alpha value is -4.13.